The van der Waals surface area contributed by atoms with Gasteiger partial charge in [-0.1, -0.05) is 18.2 Å². The molecule has 4 nitrogen and oxygen atoms in total. The van der Waals surface area contributed by atoms with Gasteiger partial charge in [-0.05, 0) is 54.7 Å². The molecule has 0 aliphatic heterocycles. The molecule has 0 aliphatic rings. The summed E-state index contributed by atoms with van der Waals surface area (Å²) in [6.45, 7) is 0.244. The SMILES string of the molecule is COc1ccc(N(Cc2ccccc2O)C(=S)Nc2ccc(F)cc2F)cc1. The number of phenolic OH excluding ortho intramolecular Hbond substituents is 1. The summed E-state index contributed by atoms with van der Waals surface area (Å²) in [6.07, 6.45) is 0. The van der Waals surface area contributed by atoms with Crippen LogP contribution in [-0.4, -0.2) is 17.3 Å². The van der Waals surface area contributed by atoms with Crippen molar-refractivity contribution in [3.05, 3.63) is 83.9 Å². The van der Waals surface area contributed by atoms with Crippen LogP contribution in [0.1, 0.15) is 5.56 Å². The fourth-order valence-corrected chi connectivity index (χ4v) is 2.91. The number of ether oxygens (including phenoxy) is 1. The van der Waals surface area contributed by atoms with Crippen LogP contribution in [0.5, 0.6) is 11.5 Å². The molecule has 0 amide bonds. The largest absolute Gasteiger partial charge is 0.508 e. The summed E-state index contributed by atoms with van der Waals surface area (Å²) in [5.74, 6) is -0.624. The fourth-order valence-electron chi connectivity index (χ4n) is 2.63. The topological polar surface area (TPSA) is 44.7 Å². The molecule has 0 unspecified atom stereocenters. The van der Waals surface area contributed by atoms with Gasteiger partial charge in [-0.15, -0.1) is 0 Å². The van der Waals surface area contributed by atoms with E-state index in [2.05, 4.69) is 5.32 Å². The van der Waals surface area contributed by atoms with Crippen molar-refractivity contribution in [1.82, 2.24) is 0 Å². The summed E-state index contributed by atoms with van der Waals surface area (Å²) in [5, 5.41) is 13.1. The molecule has 144 valence electrons. The summed E-state index contributed by atoms with van der Waals surface area (Å²) in [7, 11) is 1.57. The van der Waals surface area contributed by atoms with Gasteiger partial charge in [0.2, 0.25) is 0 Å². The Morgan fingerprint density at radius 1 is 1.07 bits per heavy atom. The normalized spacial score (nSPS) is 10.4. The maximum Gasteiger partial charge on any atom is 0.178 e. The van der Waals surface area contributed by atoms with E-state index in [0.717, 1.165) is 12.1 Å². The van der Waals surface area contributed by atoms with E-state index < -0.39 is 11.6 Å². The number of benzene rings is 3. The molecule has 0 saturated heterocycles. The smallest absolute Gasteiger partial charge is 0.178 e. The third-order valence-corrected chi connectivity index (χ3v) is 4.44. The molecule has 0 spiro atoms. The number of hydrogen-bond acceptors (Lipinski definition) is 3. The van der Waals surface area contributed by atoms with Crippen molar-refractivity contribution in [3.8, 4) is 11.5 Å². The predicted molar refractivity (Wildman–Crippen MR) is 110 cm³/mol. The molecular formula is C21H18F2N2O2S. The van der Waals surface area contributed by atoms with Gasteiger partial charge in [0.15, 0.2) is 5.11 Å². The van der Waals surface area contributed by atoms with Gasteiger partial charge in [0.25, 0.3) is 0 Å². The van der Waals surface area contributed by atoms with Crippen LogP contribution in [0.2, 0.25) is 0 Å². The molecule has 3 aromatic rings. The molecule has 0 aliphatic carbocycles. The summed E-state index contributed by atoms with van der Waals surface area (Å²) < 4.78 is 32.4. The number of para-hydroxylation sites is 1. The van der Waals surface area contributed by atoms with Gasteiger partial charge >= 0.3 is 0 Å². The molecule has 0 aromatic heterocycles. The summed E-state index contributed by atoms with van der Waals surface area (Å²) in [5.41, 5.74) is 1.41. The molecule has 0 bridgehead atoms. The Bertz CT molecular complexity index is 980. The predicted octanol–water partition coefficient (Wildman–Crippen LogP) is 5.08. The Morgan fingerprint density at radius 2 is 1.79 bits per heavy atom. The quantitative estimate of drug-likeness (QED) is 0.585. The third-order valence-electron chi connectivity index (χ3n) is 4.12. The second kappa shape index (κ2) is 8.67. The first-order chi connectivity index (χ1) is 13.5. The van der Waals surface area contributed by atoms with Crippen molar-refractivity contribution in [2.75, 3.05) is 17.3 Å². The van der Waals surface area contributed by atoms with Crippen LogP contribution in [-0.2, 0) is 6.54 Å². The van der Waals surface area contributed by atoms with Crippen LogP contribution >= 0.6 is 12.2 Å². The Morgan fingerprint density at radius 3 is 2.43 bits per heavy atom. The van der Waals surface area contributed by atoms with E-state index in [1.165, 1.54) is 6.07 Å². The number of aromatic hydroxyl groups is 1. The van der Waals surface area contributed by atoms with E-state index in [-0.39, 0.29) is 23.1 Å². The highest BCUT2D eigenvalue weighted by atomic mass is 32.1. The van der Waals surface area contributed by atoms with E-state index >= 15 is 0 Å². The van der Waals surface area contributed by atoms with E-state index in [1.54, 1.807) is 60.5 Å². The molecule has 7 heteroatoms. The van der Waals surface area contributed by atoms with Gasteiger partial charge in [-0.2, -0.15) is 0 Å². The highest BCUT2D eigenvalue weighted by molar-refractivity contribution is 7.80. The van der Waals surface area contributed by atoms with Crippen LogP contribution in [0.4, 0.5) is 20.2 Å². The second-order valence-electron chi connectivity index (χ2n) is 5.97. The molecule has 28 heavy (non-hydrogen) atoms. The van der Waals surface area contributed by atoms with E-state index in [4.69, 9.17) is 17.0 Å². The highest BCUT2D eigenvalue weighted by Gasteiger charge is 2.16. The van der Waals surface area contributed by atoms with Crippen molar-refractivity contribution in [3.63, 3.8) is 0 Å². The van der Waals surface area contributed by atoms with Gasteiger partial charge in [0, 0.05) is 17.3 Å². The Kier molecular flexibility index (Phi) is 6.06. The first-order valence-corrected chi connectivity index (χ1v) is 8.83. The number of hydrogen-bond donors (Lipinski definition) is 2. The van der Waals surface area contributed by atoms with Gasteiger partial charge in [0.05, 0.1) is 19.3 Å². The fraction of sp³-hybridized carbons (Fsp3) is 0.0952. The maximum absolute atomic E-state index is 14.0. The van der Waals surface area contributed by atoms with Gasteiger partial charge in [-0.25, -0.2) is 8.78 Å². The number of rotatable bonds is 5. The minimum absolute atomic E-state index is 0.0576. The lowest BCUT2D eigenvalue weighted by Crippen LogP contribution is -2.34. The Hall–Kier alpha value is -3.19. The highest BCUT2D eigenvalue weighted by Crippen LogP contribution is 2.26. The first-order valence-electron chi connectivity index (χ1n) is 8.42. The summed E-state index contributed by atoms with van der Waals surface area (Å²) in [6, 6.07) is 17.2. The van der Waals surface area contributed by atoms with Crippen molar-refractivity contribution in [2.24, 2.45) is 0 Å². The van der Waals surface area contributed by atoms with Crippen LogP contribution < -0.4 is 15.0 Å². The molecule has 0 atom stereocenters. The number of phenols is 1. The molecule has 3 aromatic carbocycles. The van der Waals surface area contributed by atoms with Crippen LogP contribution in [0.25, 0.3) is 0 Å². The van der Waals surface area contributed by atoms with Crippen LogP contribution in [0.3, 0.4) is 0 Å². The second-order valence-corrected chi connectivity index (χ2v) is 6.35. The molecule has 3 rings (SSSR count). The van der Waals surface area contributed by atoms with Gasteiger partial charge in [0.1, 0.15) is 23.1 Å². The number of thiocarbonyl (C=S) groups is 1. The van der Waals surface area contributed by atoms with E-state index in [9.17, 15) is 13.9 Å². The summed E-state index contributed by atoms with van der Waals surface area (Å²) >= 11 is 5.48. The molecular weight excluding hydrogens is 382 g/mol. The number of nitrogens with zero attached hydrogens (tertiary/aromatic N) is 1. The van der Waals surface area contributed by atoms with E-state index in [0.29, 0.717) is 17.0 Å². The van der Waals surface area contributed by atoms with Crippen molar-refractivity contribution >= 4 is 28.7 Å². The minimum Gasteiger partial charge on any atom is -0.508 e. The Balaban J connectivity index is 1.92. The monoisotopic (exact) mass is 400 g/mol. The first kappa shape index (κ1) is 19.6. The van der Waals surface area contributed by atoms with Crippen LogP contribution in [0, 0.1) is 11.6 Å². The van der Waals surface area contributed by atoms with E-state index in [1.807, 2.05) is 0 Å². The maximum atomic E-state index is 14.0. The van der Waals surface area contributed by atoms with Gasteiger partial charge in [-0.3, -0.25) is 0 Å². The minimum atomic E-state index is -0.750. The number of nitrogens with one attached hydrogen (secondary N) is 1. The zero-order valence-electron chi connectivity index (χ0n) is 15.0. The number of halogens is 2. The number of methoxy groups -OCH3 is 1. The van der Waals surface area contributed by atoms with Crippen molar-refractivity contribution < 1.29 is 18.6 Å². The lowest BCUT2D eigenvalue weighted by Gasteiger charge is -2.27. The third kappa shape index (κ3) is 4.55. The standard InChI is InChI=1S/C21H18F2N2O2S/c1-27-17-9-7-16(8-10-17)25(13-14-4-2-3-5-20(14)26)21(28)24-19-11-6-15(22)12-18(19)23/h2-12,26H,13H2,1H3,(H,24,28). The summed E-state index contributed by atoms with van der Waals surface area (Å²) in [4.78, 5) is 1.70. The lowest BCUT2D eigenvalue weighted by atomic mass is 10.1. The average Bonchev–Trinajstić information content (AvgIpc) is 2.69. The molecule has 0 heterocycles. The molecule has 0 fully saturated rings. The Labute approximate surface area is 167 Å². The lowest BCUT2D eigenvalue weighted by molar-refractivity contribution is 0.415. The molecule has 0 radical (unpaired) electrons. The van der Waals surface area contributed by atoms with Crippen LogP contribution in [0.15, 0.2) is 66.7 Å². The number of anilines is 2. The molecule has 0 saturated carbocycles. The average molecular weight is 400 g/mol. The molecule has 2 N–H and O–H groups in total. The zero-order chi connectivity index (χ0) is 20.1. The zero-order valence-corrected chi connectivity index (χ0v) is 15.8. The van der Waals surface area contributed by atoms with Crippen molar-refractivity contribution in [1.29, 1.82) is 0 Å². The van der Waals surface area contributed by atoms with Gasteiger partial charge < -0.3 is 20.1 Å². The van der Waals surface area contributed by atoms with Crippen molar-refractivity contribution in [2.45, 2.75) is 6.54 Å².